The molecule has 3 nitrogen and oxygen atoms in total. The monoisotopic (exact) mass is 160 g/mol. The predicted octanol–water partition coefficient (Wildman–Crippen LogP) is 1.17. The lowest BCUT2D eigenvalue weighted by Crippen LogP contribution is -2.22. The van der Waals surface area contributed by atoms with Crippen LogP contribution in [-0.2, 0) is 14.2 Å². The molecule has 1 rings (SSSR count). The molecule has 1 heterocycles. The molecule has 1 aliphatic rings. The average molecular weight is 160 g/mol. The Balaban J connectivity index is 2.01. The van der Waals surface area contributed by atoms with Crippen LogP contribution in [0.25, 0.3) is 0 Å². The maximum atomic E-state index is 5.41. The second-order valence-corrected chi connectivity index (χ2v) is 2.70. The molecular weight excluding hydrogens is 144 g/mol. The standard InChI is InChI=1S/C8H16O3/c1-3-4-5-10-8(9-2)7-6-11-7/h7-8H,3-6H2,1-2H3. The SMILES string of the molecule is CCCCOC(OC)C1CO1. The minimum Gasteiger partial charge on any atom is -0.368 e. The maximum Gasteiger partial charge on any atom is 0.185 e. The molecule has 1 saturated heterocycles. The molecule has 0 N–H and O–H groups in total. The van der Waals surface area contributed by atoms with Gasteiger partial charge in [-0.2, -0.15) is 0 Å². The molecule has 3 heteroatoms. The van der Waals surface area contributed by atoms with Gasteiger partial charge in [0.25, 0.3) is 0 Å². The smallest absolute Gasteiger partial charge is 0.185 e. The molecule has 0 amide bonds. The summed E-state index contributed by atoms with van der Waals surface area (Å²) in [4.78, 5) is 0. The molecule has 66 valence electrons. The molecule has 2 unspecified atom stereocenters. The van der Waals surface area contributed by atoms with Crippen LogP contribution in [0.4, 0.5) is 0 Å². The number of epoxide rings is 1. The lowest BCUT2D eigenvalue weighted by molar-refractivity contribution is -0.136. The van der Waals surface area contributed by atoms with Gasteiger partial charge in [-0.25, -0.2) is 0 Å². The number of hydrogen-bond donors (Lipinski definition) is 0. The van der Waals surface area contributed by atoms with Crippen molar-refractivity contribution in [3.8, 4) is 0 Å². The average Bonchev–Trinajstić information content (AvgIpc) is 2.81. The highest BCUT2D eigenvalue weighted by atomic mass is 16.7. The molecule has 0 aromatic carbocycles. The summed E-state index contributed by atoms with van der Waals surface area (Å²) < 4.78 is 15.5. The van der Waals surface area contributed by atoms with Gasteiger partial charge in [-0.05, 0) is 6.42 Å². The van der Waals surface area contributed by atoms with Gasteiger partial charge in [0.15, 0.2) is 6.29 Å². The molecule has 11 heavy (non-hydrogen) atoms. The molecule has 0 spiro atoms. The summed E-state index contributed by atoms with van der Waals surface area (Å²) in [5.41, 5.74) is 0. The van der Waals surface area contributed by atoms with E-state index in [-0.39, 0.29) is 12.4 Å². The molecule has 0 aromatic heterocycles. The molecule has 0 aromatic rings. The van der Waals surface area contributed by atoms with Gasteiger partial charge in [0, 0.05) is 13.7 Å². The van der Waals surface area contributed by atoms with Crippen molar-refractivity contribution in [3.05, 3.63) is 0 Å². The summed E-state index contributed by atoms with van der Waals surface area (Å²) in [7, 11) is 1.65. The minimum atomic E-state index is -0.137. The third-order valence-electron chi connectivity index (χ3n) is 1.67. The van der Waals surface area contributed by atoms with Crippen LogP contribution in [0.3, 0.4) is 0 Å². The van der Waals surface area contributed by atoms with Crippen molar-refractivity contribution in [2.45, 2.75) is 32.2 Å². The molecule has 0 aliphatic carbocycles. The highest BCUT2D eigenvalue weighted by Crippen LogP contribution is 2.17. The van der Waals surface area contributed by atoms with Crippen LogP contribution in [0.5, 0.6) is 0 Å². The fourth-order valence-corrected chi connectivity index (χ4v) is 0.884. The van der Waals surface area contributed by atoms with E-state index in [0.717, 1.165) is 26.1 Å². The Labute approximate surface area is 67.6 Å². The van der Waals surface area contributed by atoms with E-state index in [1.165, 1.54) is 0 Å². The van der Waals surface area contributed by atoms with Crippen LogP contribution in [0, 0.1) is 0 Å². The third kappa shape index (κ3) is 3.18. The topological polar surface area (TPSA) is 31.0 Å². The van der Waals surface area contributed by atoms with Gasteiger partial charge in [0.2, 0.25) is 0 Å². The molecule has 0 bridgehead atoms. The maximum absolute atomic E-state index is 5.41. The van der Waals surface area contributed by atoms with E-state index in [1.807, 2.05) is 0 Å². The van der Waals surface area contributed by atoms with Crippen molar-refractivity contribution in [2.75, 3.05) is 20.3 Å². The van der Waals surface area contributed by atoms with E-state index in [4.69, 9.17) is 14.2 Å². The van der Waals surface area contributed by atoms with Crippen molar-refractivity contribution >= 4 is 0 Å². The molecule has 0 saturated carbocycles. The van der Waals surface area contributed by atoms with Gasteiger partial charge < -0.3 is 14.2 Å². The number of ether oxygens (including phenoxy) is 3. The lowest BCUT2D eigenvalue weighted by Gasteiger charge is -2.12. The highest BCUT2D eigenvalue weighted by Gasteiger charge is 2.33. The summed E-state index contributed by atoms with van der Waals surface area (Å²) >= 11 is 0. The van der Waals surface area contributed by atoms with Crippen LogP contribution < -0.4 is 0 Å². The summed E-state index contributed by atoms with van der Waals surface area (Å²) in [6.45, 7) is 3.69. The Morgan fingerprint density at radius 3 is 2.82 bits per heavy atom. The highest BCUT2D eigenvalue weighted by molar-refractivity contribution is 4.72. The Kier molecular flexibility index (Phi) is 3.83. The van der Waals surface area contributed by atoms with Crippen molar-refractivity contribution in [1.29, 1.82) is 0 Å². The van der Waals surface area contributed by atoms with Crippen molar-refractivity contribution in [2.24, 2.45) is 0 Å². The van der Waals surface area contributed by atoms with Crippen molar-refractivity contribution in [1.82, 2.24) is 0 Å². The zero-order valence-electron chi connectivity index (χ0n) is 7.21. The fourth-order valence-electron chi connectivity index (χ4n) is 0.884. The van der Waals surface area contributed by atoms with Crippen LogP contribution in [-0.4, -0.2) is 32.7 Å². The summed E-state index contributed by atoms with van der Waals surface area (Å²) in [5.74, 6) is 0. The number of rotatable bonds is 6. The molecular formula is C8H16O3. The summed E-state index contributed by atoms with van der Waals surface area (Å²) in [6.07, 6.45) is 2.30. The second kappa shape index (κ2) is 4.70. The van der Waals surface area contributed by atoms with E-state index in [9.17, 15) is 0 Å². The Morgan fingerprint density at radius 2 is 2.36 bits per heavy atom. The quantitative estimate of drug-likeness (QED) is 0.332. The first-order valence-corrected chi connectivity index (χ1v) is 4.14. The Morgan fingerprint density at radius 1 is 1.64 bits per heavy atom. The molecule has 2 atom stereocenters. The van der Waals surface area contributed by atoms with Gasteiger partial charge in [-0.1, -0.05) is 13.3 Å². The van der Waals surface area contributed by atoms with Gasteiger partial charge in [-0.15, -0.1) is 0 Å². The number of methoxy groups -OCH3 is 1. The Bertz CT molecular complexity index is 102. The first kappa shape index (κ1) is 8.97. The van der Waals surface area contributed by atoms with E-state index in [1.54, 1.807) is 7.11 Å². The van der Waals surface area contributed by atoms with Gasteiger partial charge in [0.05, 0.1) is 6.61 Å². The zero-order valence-corrected chi connectivity index (χ0v) is 7.21. The second-order valence-electron chi connectivity index (χ2n) is 2.70. The van der Waals surface area contributed by atoms with E-state index in [0.29, 0.717) is 0 Å². The third-order valence-corrected chi connectivity index (χ3v) is 1.67. The first-order chi connectivity index (χ1) is 5.38. The Hall–Kier alpha value is -0.120. The largest absolute Gasteiger partial charge is 0.368 e. The predicted molar refractivity (Wildman–Crippen MR) is 41.4 cm³/mol. The first-order valence-electron chi connectivity index (χ1n) is 4.14. The zero-order chi connectivity index (χ0) is 8.10. The van der Waals surface area contributed by atoms with Gasteiger partial charge >= 0.3 is 0 Å². The fraction of sp³-hybridized carbons (Fsp3) is 1.00. The summed E-state index contributed by atoms with van der Waals surface area (Å²) in [6, 6.07) is 0. The molecule has 0 radical (unpaired) electrons. The number of hydrogen-bond acceptors (Lipinski definition) is 3. The normalized spacial score (nSPS) is 25.1. The molecule has 1 aliphatic heterocycles. The number of unbranched alkanes of at least 4 members (excludes halogenated alkanes) is 1. The minimum absolute atomic E-state index is 0.137. The van der Waals surface area contributed by atoms with Crippen LogP contribution in [0.1, 0.15) is 19.8 Å². The van der Waals surface area contributed by atoms with E-state index in [2.05, 4.69) is 6.92 Å². The van der Waals surface area contributed by atoms with E-state index < -0.39 is 0 Å². The van der Waals surface area contributed by atoms with Crippen LogP contribution in [0.2, 0.25) is 0 Å². The van der Waals surface area contributed by atoms with Crippen LogP contribution >= 0.6 is 0 Å². The molecule has 1 fully saturated rings. The van der Waals surface area contributed by atoms with Crippen molar-refractivity contribution in [3.63, 3.8) is 0 Å². The van der Waals surface area contributed by atoms with Gasteiger partial charge in [-0.3, -0.25) is 0 Å². The van der Waals surface area contributed by atoms with Crippen LogP contribution in [0.15, 0.2) is 0 Å². The van der Waals surface area contributed by atoms with Crippen molar-refractivity contribution < 1.29 is 14.2 Å². The lowest BCUT2D eigenvalue weighted by atomic mass is 10.3. The summed E-state index contributed by atoms with van der Waals surface area (Å²) in [5, 5.41) is 0. The van der Waals surface area contributed by atoms with Gasteiger partial charge in [0.1, 0.15) is 6.10 Å². The van der Waals surface area contributed by atoms with E-state index >= 15 is 0 Å².